The number of halogens is 1. The Labute approximate surface area is 320 Å². The number of nitrogens with zero attached hydrogens (tertiary/aromatic N) is 3. The van der Waals surface area contributed by atoms with Gasteiger partial charge >= 0.3 is 6.09 Å². The number of hydrogen-bond donors (Lipinski definition) is 3. The molecule has 276 valence electrons. The quantitative estimate of drug-likeness (QED) is 0.0862. The van der Waals surface area contributed by atoms with Crippen molar-refractivity contribution in [3.05, 3.63) is 119 Å². The molecule has 2 heterocycles. The highest BCUT2D eigenvalue weighted by molar-refractivity contribution is 9.10. The summed E-state index contributed by atoms with van der Waals surface area (Å²) in [5, 5.41) is 18.7. The summed E-state index contributed by atoms with van der Waals surface area (Å²) in [5.41, 5.74) is 2.30. The van der Waals surface area contributed by atoms with Gasteiger partial charge in [-0.1, -0.05) is 112 Å². The van der Waals surface area contributed by atoms with Gasteiger partial charge in [0.1, 0.15) is 24.0 Å². The average molecular weight is 797 g/mol. The molecule has 1 aromatic heterocycles. The number of rotatable bonds is 13. The molecular weight excluding hydrogens is 750 g/mol. The van der Waals surface area contributed by atoms with Gasteiger partial charge in [0.25, 0.3) is 8.32 Å². The first kappa shape index (κ1) is 38.0. The van der Waals surface area contributed by atoms with Gasteiger partial charge in [0.15, 0.2) is 5.75 Å². The van der Waals surface area contributed by atoms with Crippen molar-refractivity contribution < 1.29 is 23.9 Å². The summed E-state index contributed by atoms with van der Waals surface area (Å²) in [6.07, 6.45) is 1.91. The molecule has 1 unspecified atom stereocenters. The third-order valence-electron chi connectivity index (χ3n) is 9.70. The van der Waals surface area contributed by atoms with Gasteiger partial charge in [-0.2, -0.15) is 0 Å². The Morgan fingerprint density at radius 2 is 1.58 bits per heavy atom. The van der Waals surface area contributed by atoms with E-state index in [0.717, 1.165) is 10.0 Å². The SMILES string of the molecule is CC(C)(C)[Si](OCCCNC(=O)[C@@H]1CC(Nc2cnc3ccc(Br)c(OCc4ccccc4)c3n2)CCN1C(=O)O)(c1ccccc1)c1ccccc1. The number of hydrogen-bond acceptors (Lipinski definition) is 7. The standard InChI is InChI=1S/C41H46BrN5O5Si/c1-41(2,3)53(31-16-9-5-10-17-31,32-18-11-6-12-19-32)52-25-13-23-43-39(48)35-26-30(22-24-47(35)40(49)50)45-36-27-44-34-21-20-33(42)38(37(34)46-36)51-28-29-14-7-4-8-15-29/h4-12,14-21,27,30,35H,13,22-26,28H2,1-3H3,(H,43,48)(H,45,46)(H,49,50)/t30?,35-/m0/s1. The number of ether oxygens (including phenoxy) is 1. The minimum absolute atomic E-state index is 0.159. The highest BCUT2D eigenvalue weighted by atomic mass is 79.9. The summed E-state index contributed by atoms with van der Waals surface area (Å²) in [6.45, 7) is 8.07. The van der Waals surface area contributed by atoms with Gasteiger partial charge in [0.2, 0.25) is 5.91 Å². The van der Waals surface area contributed by atoms with Crippen LogP contribution in [0, 0.1) is 0 Å². The van der Waals surface area contributed by atoms with Crippen LogP contribution in [0.4, 0.5) is 10.6 Å². The van der Waals surface area contributed by atoms with Gasteiger partial charge in [0.05, 0.1) is 16.2 Å². The molecule has 0 aliphatic carbocycles. The molecule has 0 radical (unpaired) electrons. The number of carbonyl (C=O) groups excluding carboxylic acids is 1. The number of carboxylic acid groups (broad SMARTS) is 1. The van der Waals surface area contributed by atoms with E-state index < -0.39 is 20.5 Å². The van der Waals surface area contributed by atoms with Crippen LogP contribution in [0.15, 0.2) is 114 Å². The predicted molar refractivity (Wildman–Crippen MR) is 214 cm³/mol. The number of likely N-dealkylation sites (tertiary alicyclic amines) is 1. The van der Waals surface area contributed by atoms with Gasteiger partial charge in [-0.3, -0.25) is 14.7 Å². The second kappa shape index (κ2) is 16.9. The molecule has 1 saturated heterocycles. The van der Waals surface area contributed by atoms with E-state index in [1.165, 1.54) is 15.3 Å². The molecule has 53 heavy (non-hydrogen) atoms. The second-order valence-electron chi connectivity index (χ2n) is 14.3. The van der Waals surface area contributed by atoms with Crippen molar-refractivity contribution in [2.24, 2.45) is 0 Å². The number of aromatic nitrogens is 2. The summed E-state index contributed by atoms with van der Waals surface area (Å²) < 4.78 is 13.9. The van der Waals surface area contributed by atoms with Crippen molar-refractivity contribution >= 4 is 63.5 Å². The Kier molecular flexibility index (Phi) is 12.1. The van der Waals surface area contributed by atoms with E-state index in [0.29, 0.717) is 55.2 Å². The summed E-state index contributed by atoms with van der Waals surface area (Å²) in [5.74, 6) is 0.780. The van der Waals surface area contributed by atoms with Gasteiger partial charge in [-0.25, -0.2) is 9.78 Å². The Hall–Kier alpha value is -4.78. The summed E-state index contributed by atoms with van der Waals surface area (Å²) in [6, 6.07) is 33.5. The summed E-state index contributed by atoms with van der Waals surface area (Å²) in [4.78, 5) is 36.5. The molecular formula is C41H46BrN5O5Si. The lowest BCUT2D eigenvalue weighted by Crippen LogP contribution is -2.66. The van der Waals surface area contributed by atoms with Gasteiger partial charge in [-0.15, -0.1) is 0 Å². The minimum atomic E-state index is -2.70. The van der Waals surface area contributed by atoms with E-state index in [4.69, 9.17) is 14.1 Å². The molecule has 10 nitrogen and oxygen atoms in total. The largest absolute Gasteiger partial charge is 0.485 e. The molecule has 0 saturated carbocycles. The lowest BCUT2D eigenvalue weighted by atomic mass is 9.96. The fraction of sp³-hybridized carbons (Fsp3) is 0.317. The van der Waals surface area contributed by atoms with Crippen LogP contribution >= 0.6 is 15.9 Å². The molecule has 1 aliphatic heterocycles. The average Bonchev–Trinajstić information content (AvgIpc) is 3.16. The summed E-state index contributed by atoms with van der Waals surface area (Å²) >= 11 is 3.60. The molecule has 5 aromatic rings. The number of benzene rings is 4. The normalized spacial score (nSPS) is 16.3. The predicted octanol–water partition coefficient (Wildman–Crippen LogP) is 6.98. The highest BCUT2D eigenvalue weighted by Crippen LogP contribution is 2.37. The maximum Gasteiger partial charge on any atom is 0.407 e. The molecule has 6 rings (SSSR count). The van der Waals surface area contributed by atoms with Crippen LogP contribution in [0.2, 0.25) is 5.04 Å². The first-order chi connectivity index (χ1) is 25.6. The maximum atomic E-state index is 13.6. The van der Waals surface area contributed by atoms with E-state index in [-0.39, 0.29) is 30.0 Å². The highest BCUT2D eigenvalue weighted by Gasteiger charge is 2.50. The molecule has 0 bridgehead atoms. The molecule has 4 aromatic carbocycles. The van der Waals surface area contributed by atoms with Crippen LogP contribution < -0.4 is 25.7 Å². The monoisotopic (exact) mass is 795 g/mol. The zero-order valence-electron chi connectivity index (χ0n) is 30.3. The van der Waals surface area contributed by atoms with Gasteiger partial charge < -0.3 is 24.9 Å². The number of piperidine rings is 1. The molecule has 2 amide bonds. The number of amides is 2. The van der Waals surface area contributed by atoms with E-state index in [2.05, 4.69) is 101 Å². The smallest absolute Gasteiger partial charge is 0.407 e. The van der Waals surface area contributed by atoms with Crippen LogP contribution in [0.3, 0.4) is 0 Å². The second-order valence-corrected chi connectivity index (χ2v) is 19.4. The fourth-order valence-corrected chi connectivity index (χ4v) is 12.2. The minimum Gasteiger partial charge on any atom is -0.485 e. The topological polar surface area (TPSA) is 126 Å². The van der Waals surface area contributed by atoms with E-state index in [1.54, 1.807) is 6.20 Å². The number of anilines is 1. The number of nitrogens with one attached hydrogen (secondary N) is 2. The first-order valence-electron chi connectivity index (χ1n) is 18.0. The molecule has 12 heteroatoms. The molecule has 3 N–H and O–H groups in total. The van der Waals surface area contributed by atoms with Crippen molar-refractivity contribution in [2.75, 3.05) is 25.0 Å². The maximum absolute atomic E-state index is 13.6. The lowest BCUT2D eigenvalue weighted by molar-refractivity contribution is -0.127. The van der Waals surface area contributed by atoms with Crippen LogP contribution in [0.25, 0.3) is 11.0 Å². The van der Waals surface area contributed by atoms with Crippen LogP contribution in [-0.4, -0.2) is 72.1 Å². The Morgan fingerprint density at radius 3 is 2.21 bits per heavy atom. The zero-order valence-corrected chi connectivity index (χ0v) is 32.9. The Morgan fingerprint density at radius 1 is 0.943 bits per heavy atom. The molecule has 0 spiro atoms. The van der Waals surface area contributed by atoms with E-state index in [1.807, 2.05) is 54.6 Å². The van der Waals surface area contributed by atoms with Crippen molar-refractivity contribution in [3.8, 4) is 5.75 Å². The molecule has 1 aliphatic rings. The lowest BCUT2D eigenvalue weighted by Gasteiger charge is -2.43. The van der Waals surface area contributed by atoms with Crippen molar-refractivity contribution in [1.29, 1.82) is 0 Å². The Bertz CT molecular complexity index is 1960. The third kappa shape index (κ3) is 8.72. The van der Waals surface area contributed by atoms with Gasteiger partial charge in [0, 0.05) is 25.7 Å². The first-order valence-corrected chi connectivity index (χ1v) is 20.7. The zero-order chi connectivity index (χ0) is 37.4. The number of fused-ring (bicyclic) bond motifs is 1. The van der Waals surface area contributed by atoms with E-state index in [9.17, 15) is 14.7 Å². The molecule has 2 atom stereocenters. The fourth-order valence-electron chi connectivity index (χ4n) is 7.14. The van der Waals surface area contributed by atoms with Gasteiger partial charge in [-0.05, 0) is 68.3 Å². The Balaban J connectivity index is 1.10. The van der Waals surface area contributed by atoms with E-state index >= 15 is 0 Å². The van der Waals surface area contributed by atoms with Crippen molar-refractivity contribution in [1.82, 2.24) is 20.2 Å². The van der Waals surface area contributed by atoms with Crippen molar-refractivity contribution in [3.63, 3.8) is 0 Å². The molecule has 1 fully saturated rings. The summed E-state index contributed by atoms with van der Waals surface area (Å²) in [7, 11) is -2.70. The van der Waals surface area contributed by atoms with Crippen LogP contribution in [-0.2, 0) is 15.8 Å². The third-order valence-corrected chi connectivity index (χ3v) is 15.4. The number of carbonyl (C=O) groups is 2. The van der Waals surface area contributed by atoms with Crippen LogP contribution in [0.1, 0.15) is 45.6 Å². The van der Waals surface area contributed by atoms with Crippen molar-refractivity contribution in [2.45, 2.75) is 63.8 Å². The van der Waals surface area contributed by atoms with Crippen LogP contribution in [0.5, 0.6) is 5.75 Å².